The van der Waals surface area contributed by atoms with Gasteiger partial charge in [0.15, 0.2) is 0 Å². The summed E-state index contributed by atoms with van der Waals surface area (Å²) in [6, 6.07) is 0.848. The van der Waals surface area contributed by atoms with E-state index in [1.807, 2.05) is 0 Å². The van der Waals surface area contributed by atoms with E-state index >= 15 is 0 Å². The lowest BCUT2D eigenvalue weighted by atomic mass is 9.99. The minimum Gasteiger partial charge on any atom is -0.314 e. The largest absolute Gasteiger partial charge is 0.314 e. The molecule has 0 aromatic rings. The molecule has 1 aliphatic carbocycles. The molecule has 0 aromatic heterocycles. The van der Waals surface area contributed by atoms with Crippen LogP contribution >= 0.6 is 0 Å². The van der Waals surface area contributed by atoms with Crippen LogP contribution in [0.25, 0.3) is 0 Å². The Morgan fingerprint density at radius 2 is 1.75 bits per heavy atom. The minimum atomic E-state index is 0.848. The number of hydrogen-bond donors (Lipinski definition) is 1. The molecule has 2 unspecified atom stereocenters. The van der Waals surface area contributed by atoms with Gasteiger partial charge in [-0.1, -0.05) is 52.4 Å². The van der Waals surface area contributed by atoms with Crippen LogP contribution in [0.2, 0.25) is 0 Å². The zero-order chi connectivity index (χ0) is 11.6. The summed E-state index contributed by atoms with van der Waals surface area (Å²) in [6.07, 6.45) is 14.3. The molecule has 1 fully saturated rings. The van der Waals surface area contributed by atoms with Gasteiger partial charge in [0.2, 0.25) is 0 Å². The lowest BCUT2D eigenvalue weighted by Crippen LogP contribution is -2.26. The molecule has 0 aromatic carbocycles. The molecule has 1 heteroatoms. The summed E-state index contributed by atoms with van der Waals surface area (Å²) in [5.41, 5.74) is 0. The maximum Gasteiger partial charge on any atom is 0.00698 e. The molecule has 0 spiro atoms. The summed E-state index contributed by atoms with van der Waals surface area (Å²) < 4.78 is 0. The van der Waals surface area contributed by atoms with E-state index in [2.05, 4.69) is 19.2 Å². The fourth-order valence-corrected chi connectivity index (χ4v) is 2.91. The van der Waals surface area contributed by atoms with E-state index in [4.69, 9.17) is 0 Å². The van der Waals surface area contributed by atoms with Crippen molar-refractivity contribution in [3.05, 3.63) is 0 Å². The third kappa shape index (κ3) is 5.89. The van der Waals surface area contributed by atoms with Crippen molar-refractivity contribution in [3.8, 4) is 0 Å². The molecule has 2 atom stereocenters. The first-order valence-corrected chi connectivity index (χ1v) is 7.60. The van der Waals surface area contributed by atoms with Crippen molar-refractivity contribution in [2.45, 2.75) is 84.1 Å². The van der Waals surface area contributed by atoms with Crippen molar-refractivity contribution in [2.75, 3.05) is 6.54 Å². The monoisotopic (exact) mass is 225 g/mol. The predicted molar refractivity (Wildman–Crippen MR) is 72.8 cm³/mol. The Morgan fingerprint density at radius 1 is 0.938 bits per heavy atom. The van der Waals surface area contributed by atoms with Gasteiger partial charge < -0.3 is 5.32 Å². The fourth-order valence-electron chi connectivity index (χ4n) is 2.91. The zero-order valence-electron chi connectivity index (χ0n) is 11.4. The molecular weight excluding hydrogens is 194 g/mol. The van der Waals surface area contributed by atoms with Crippen LogP contribution in [0, 0.1) is 5.92 Å². The first-order valence-electron chi connectivity index (χ1n) is 7.60. The van der Waals surface area contributed by atoms with Gasteiger partial charge in [0.1, 0.15) is 0 Å². The molecular formula is C15H31N. The van der Waals surface area contributed by atoms with Crippen molar-refractivity contribution in [1.29, 1.82) is 0 Å². The van der Waals surface area contributed by atoms with Crippen molar-refractivity contribution in [3.63, 3.8) is 0 Å². The summed E-state index contributed by atoms with van der Waals surface area (Å²) in [6.45, 7) is 5.77. The van der Waals surface area contributed by atoms with Gasteiger partial charge in [-0.15, -0.1) is 0 Å². The Balaban J connectivity index is 1.94. The van der Waals surface area contributed by atoms with E-state index in [0.717, 1.165) is 12.0 Å². The molecule has 0 radical (unpaired) electrons. The van der Waals surface area contributed by atoms with Crippen LogP contribution in [0.5, 0.6) is 0 Å². The highest BCUT2D eigenvalue weighted by Crippen LogP contribution is 2.29. The number of unbranched alkanes of at least 4 members (excludes halogenated alkanes) is 4. The Bertz CT molecular complexity index is 156. The van der Waals surface area contributed by atoms with Gasteiger partial charge in [-0.3, -0.25) is 0 Å². The Hall–Kier alpha value is -0.0400. The summed E-state index contributed by atoms with van der Waals surface area (Å²) in [4.78, 5) is 0. The van der Waals surface area contributed by atoms with Gasteiger partial charge in [-0.2, -0.15) is 0 Å². The Morgan fingerprint density at radius 3 is 2.50 bits per heavy atom. The number of nitrogens with one attached hydrogen (secondary N) is 1. The molecule has 1 rings (SSSR count). The molecule has 0 saturated heterocycles. The molecule has 96 valence electrons. The van der Waals surface area contributed by atoms with E-state index < -0.39 is 0 Å². The summed E-state index contributed by atoms with van der Waals surface area (Å²) in [5, 5.41) is 3.67. The molecule has 1 N–H and O–H groups in total. The molecule has 0 bridgehead atoms. The van der Waals surface area contributed by atoms with E-state index in [1.54, 1.807) is 0 Å². The normalized spacial score (nSPS) is 25.1. The third-order valence-electron chi connectivity index (χ3n) is 3.94. The van der Waals surface area contributed by atoms with Crippen LogP contribution in [-0.4, -0.2) is 12.6 Å². The van der Waals surface area contributed by atoms with Gasteiger partial charge in [-0.05, 0) is 38.1 Å². The second-order valence-corrected chi connectivity index (χ2v) is 5.53. The highest BCUT2D eigenvalue weighted by atomic mass is 14.9. The Kier molecular flexibility index (Phi) is 7.92. The fraction of sp³-hybridized carbons (Fsp3) is 1.00. The van der Waals surface area contributed by atoms with E-state index in [0.29, 0.717) is 0 Å². The van der Waals surface area contributed by atoms with Crippen LogP contribution < -0.4 is 5.32 Å². The minimum absolute atomic E-state index is 0.848. The van der Waals surface area contributed by atoms with Crippen molar-refractivity contribution in [1.82, 2.24) is 5.32 Å². The summed E-state index contributed by atoms with van der Waals surface area (Å²) in [7, 11) is 0. The maximum atomic E-state index is 3.67. The molecule has 1 aliphatic rings. The Labute approximate surface area is 102 Å². The first-order chi connectivity index (χ1) is 7.86. The second kappa shape index (κ2) is 9.04. The SMILES string of the molecule is CCCCCCCC1CCC(NCCC)C1. The summed E-state index contributed by atoms with van der Waals surface area (Å²) in [5.74, 6) is 1.04. The topological polar surface area (TPSA) is 12.0 Å². The molecule has 1 nitrogen and oxygen atoms in total. The maximum absolute atomic E-state index is 3.67. The van der Waals surface area contributed by atoms with Gasteiger partial charge in [0.05, 0.1) is 0 Å². The average Bonchev–Trinajstić information content (AvgIpc) is 2.74. The first kappa shape index (κ1) is 14.0. The second-order valence-electron chi connectivity index (χ2n) is 5.53. The van der Waals surface area contributed by atoms with Crippen molar-refractivity contribution >= 4 is 0 Å². The van der Waals surface area contributed by atoms with Gasteiger partial charge in [-0.25, -0.2) is 0 Å². The average molecular weight is 225 g/mol. The lowest BCUT2D eigenvalue weighted by molar-refractivity contribution is 0.441. The van der Waals surface area contributed by atoms with Crippen molar-refractivity contribution < 1.29 is 0 Å². The predicted octanol–water partition coefficient (Wildman–Crippen LogP) is 4.52. The standard InChI is InChI=1S/C15H31N/c1-3-5-6-7-8-9-14-10-11-15(13-14)16-12-4-2/h14-16H,3-13H2,1-2H3. The van der Waals surface area contributed by atoms with Crippen LogP contribution in [0.1, 0.15) is 78.1 Å². The molecule has 0 heterocycles. The van der Waals surface area contributed by atoms with Crippen LogP contribution in [0.15, 0.2) is 0 Å². The molecule has 0 aliphatic heterocycles. The van der Waals surface area contributed by atoms with Gasteiger partial charge >= 0.3 is 0 Å². The number of rotatable bonds is 9. The quantitative estimate of drug-likeness (QED) is 0.569. The highest BCUT2D eigenvalue weighted by Gasteiger charge is 2.23. The van der Waals surface area contributed by atoms with Crippen molar-refractivity contribution in [2.24, 2.45) is 5.92 Å². The van der Waals surface area contributed by atoms with Crippen LogP contribution in [-0.2, 0) is 0 Å². The van der Waals surface area contributed by atoms with Crippen LogP contribution in [0.3, 0.4) is 0 Å². The third-order valence-corrected chi connectivity index (χ3v) is 3.94. The smallest absolute Gasteiger partial charge is 0.00698 e. The molecule has 16 heavy (non-hydrogen) atoms. The lowest BCUT2D eigenvalue weighted by Gasteiger charge is -2.12. The van der Waals surface area contributed by atoms with E-state index in [9.17, 15) is 0 Å². The summed E-state index contributed by atoms with van der Waals surface area (Å²) >= 11 is 0. The van der Waals surface area contributed by atoms with Gasteiger partial charge in [0, 0.05) is 6.04 Å². The zero-order valence-corrected chi connectivity index (χ0v) is 11.4. The molecule has 1 saturated carbocycles. The van der Waals surface area contributed by atoms with Gasteiger partial charge in [0.25, 0.3) is 0 Å². The van der Waals surface area contributed by atoms with E-state index in [1.165, 1.54) is 70.8 Å². The number of hydrogen-bond acceptors (Lipinski definition) is 1. The highest BCUT2D eigenvalue weighted by molar-refractivity contribution is 4.80. The van der Waals surface area contributed by atoms with E-state index in [-0.39, 0.29) is 0 Å². The molecule has 0 amide bonds. The van der Waals surface area contributed by atoms with Crippen LogP contribution in [0.4, 0.5) is 0 Å².